The number of amides is 2. The number of carbonyl (C=O) groups is 5. The van der Waals surface area contributed by atoms with Crippen LogP contribution in [0.2, 0.25) is 0 Å². The van der Waals surface area contributed by atoms with Crippen molar-refractivity contribution in [2.45, 2.75) is 19.8 Å². The second-order valence-electron chi connectivity index (χ2n) is 5.87. The first kappa shape index (κ1) is 20.8. The predicted octanol–water partition coefficient (Wildman–Crippen LogP) is 1.23. The van der Waals surface area contributed by atoms with Crippen LogP contribution in [0.4, 0.5) is 0 Å². The number of benzene rings is 1. The van der Waals surface area contributed by atoms with E-state index >= 15 is 0 Å². The van der Waals surface area contributed by atoms with Crippen molar-refractivity contribution in [1.82, 2.24) is 4.90 Å². The zero-order valence-electron chi connectivity index (χ0n) is 15.3. The molecule has 148 valence electrons. The zero-order valence-corrected chi connectivity index (χ0v) is 15.3. The summed E-state index contributed by atoms with van der Waals surface area (Å²) in [6.45, 7) is 4.09. The zero-order chi connectivity index (χ0) is 20.7. The van der Waals surface area contributed by atoms with Crippen LogP contribution in [0, 0.1) is 0 Å². The van der Waals surface area contributed by atoms with Crippen LogP contribution in [-0.2, 0) is 28.6 Å². The first-order valence-electron chi connectivity index (χ1n) is 8.40. The Hall–Kier alpha value is -3.49. The number of carbonyl (C=O) groups excluding carboxylic acids is 5. The van der Waals surface area contributed by atoms with Crippen LogP contribution in [-0.4, -0.2) is 54.6 Å². The van der Waals surface area contributed by atoms with Crippen molar-refractivity contribution >= 4 is 29.7 Å². The van der Waals surface area contributed by atoms with E-state index in [1.54, 1.807) is 12.1 Å². The normalized spacial score (nSPS) is 12.4. The largest absolute Gasteiger partial charge is 0.462 e. The summed E-state index contributed by atoms with van der Waals surface area (Å²) in [5.41, 5.74) is 0.728. The molecule has 0 unspecified atom stereocenters. The standard InChI is InChI=1S/C19H19NO8/c1-12(2)19(25)27-10-9-26-15(21)7-8-16(22)28-11-20-17(23)13-5-3-4-6-14(13)18(20)24/h3-6H,1,7-11H2,2H3. The van der Waals surface area contributed by atoms with Gasteiger partial charge in [0.2, 0.25) is 0 Å². The Morgan fingerprint density at radius 1 is 0.893 bits per heavy atom. The smallest absolute Gasteiger partial charge is 0.333 e. The van der Waals surface area contributed by atoms with Gasteiger partial charge in [0.05, 0.1) is 24.0 Å². The number of ether oxygens (including phenoxy) is 3. The number of rotatable bonds is 9. The number of fused-ring (bicyclic) bond motifs is 1. The lowest BCUT2D eigenvalue weighted by Crippen LogP contribution is -2.33. The molecule has 0 saturated carbocycles. The van der Waals surface area contributed by atoms with E-state index in [4.69, 9.17) is 14.2 Å². The SMILES string of the molecule is C=C(C)C(=O)OCCOC(=O)CCC(=O)OCN1C(=O)c2ccccc2C1=O. The number of imide groups is 1. The Morgan fingerprint density at radius 2 is 1.39 bits per heavy atom. The molecule has 1 aliphatic heterocycles. The number of hydrogen-bond donors (Lipinski definition) is 0. The highest BCUT2D eigenvalue weighted by Crippen LogP contribution is 2.22. The molecule has 0 aromatic heterocycles. The van der Waals surface area contributed by atoms with Gasteiger partial charge in [-0.2, -0.15) is 0 Å². The minimum absolute atomic E-state index is 0.123. The summed E-state index contributed by atoms with van der Waals surface area (Å²) in [5.74, 6) is -3.12. The Morgan fingerprint density at radius 3 is 1.93 bits per heavy atom. The van der Waals surface area contributed by atoms with Gasteiger partial charge in [0.1, 0.15) is 13.2 Å². The minimum Gasteiger partial charge on any atom is -0.462 e. The summed E-state index contributed by atoms with van der Waals surface area (Å²) < 4.78 is 14.4. The highest BCUT2D eigenvalue weighted by Gasteiger charge is 2.35. The summed E-state index contributed by atoms with van der Waals surface area (Å²) in [6.07, 6.45) is -0.539. The maximum absolute atomic E-state index is 12.1. The highest BCUT2D eigenvalue weighted by atomic mass is 16.6. The maximum atomic E-state index is 12.1. The molecule has 2 rings (SSSR count). The van der Waals surface area contributed by atoms with Gasteiger partial charge in [-0.1, -0.05) is 18.7 Å². The quantitative estimate of drug-likeness (QED) is 0.204. The van der Waals surface area contributed by atoms with Gasteiger partial charge in [-0.15, -0.1) is 0 Å². The molecule has 1 heterocycles. The van der Waals surface area contributed by atoms with E-state index in [1.165, 1.54) is 19.1 Å². The Bertz CT molecular complexity index is 794. The Balaban J connectivity index is 1.66. The molecule has 1 aliphatic rings. The van der Waals surface area contributed by atoms with Crippen molar-refractivity contribution in [3.8, 4) is 0 Å². The van der Waals surface area contributed by atoms with Crippen molar-refractivity contribution in [1.29, 1.82) is 0 Å². The van der Waals surface area contributed by atoms with Gasteiger partial charge in [0.25, 0.3) is 11.8 Å². The molecular weight excluding hydrogens is 370 g/mol. The second kappa shape index (κ2) is 9.45. The lowest BCUT2D eigenvalue weighted by molar-refractivity contribution is -0.153. The molecule has 0 radical (unpaired) electrons. The van der Waals surface area contributed by atoms with Gasteiger partial charge < -0.3 is 14.2 Å². The molecule has 9 heteroatoms. The van der Waals surface area contributed by atoms with Crippen molar-refractivity contribution in [2.75, 3.05) is 19.9 Å². The molecule has 0 N–H and O–H groups in total. The van der Waals surface area contributed by atoms with E-state index in [1.807, 2.05) is 0 Å². The van der Waals surface area contributed by atoms with Crippen molar-refractivity contribution in [3.63, 3.8) is 0 Å². The van der Waals surface area contributed by atoms with Crippen LogP contribution in [0.15, 0.2) is 36.4 Å². The summed E-state index contributed by atoms with van der Waals surface area (Å²) in [5, 5.41) is 0. The predicted molar refractivity (Wildman–Crippen MR) is 93.9 cm³/mol. The third kappa shape index (κ3) is 5.26. The van der Waals surface area contributed by atoms with E-state index in [0.29, 0.717) is 0 Å². The molecule has 0 aliphatic carbocycles. The van der Waals surface area contributed by atoms with Gasteiger partial charge in [-0.05, 0) is 19.1 Å². The Labute approximate surface area is 160 Å². The molecule has 1 aromatic carbocycles. The van der Waals surface area contributed by atoms with Crippen molar-refractivity contribution in [3.05, 3.63) is 47.5 Å². The number of nitrogens with zero attached hydrogens (tertiary/aromatic N) is 1. The van der Waals surface area contributed by atoms with Crippen molar-refractivity contribution < 1.29 is 38.2 Å². The Kier molecular flexibility index (Phi) is 7.02. The maximum Gasteiger partial charge on any atom is 0.333 e. The second-order valence-corrected chi connectivity index (χ2v) is 5.87. The first-order valence-corrected chi connectivity index (χ1v) is 8.40. The topological polar surface area (TPSA) is 116 Å². The fourth-order valence-corrected chi connectivity index (χ4v) is 2.25. The molecule has 1 aromatic rings. The van der Waals surface area contributed by atoms with Crippen LogP contribution in [0.5, 0.6) is 0 Å². The van der Waals surface area contributed by atoms with Crippen LogP contribution in [0.3, 0.4) is 0 Å². The van der Waals surface area contributed by atoms with Crippen molar-refractivity contribution in [2.24, 2.45) is 0 Å². The van der Waals surface area contributed by atoms with Crippen LogP contribution >= 0.6 is 0 Å². The molecule has 0 fully saturated rings. The van der Waals surface area contributed by atoms with Crippen LogP contribution < -0.4 is 0 Å². The summed E-state index contributed by atoms with van der Waals surface area (Å²) in [7, 11) is 0. The first-order chi connectivity index (χ1) is 13.3. The fourth-order valence-electron chi connectivity index (χ4n) is 2.25. The monoisotopic (exact) mass is 389 g/mol. The summed E-state index contributed by atoms with van der Waals surface area (Å²) >= 11 is 0. The van der Waals surface area contributed by atoms with E-state index < -0.39 is 36.5 Å². The van der Waals surface area contributed by atoms with Gasteiger partial charge in [0, 0.05) is 5.57 Å². The highest BCUT2D eigenvalue weighted by molar-refractivity contribution is 6.21. The lowest BCUT2D eigenvalue weighted by Gasteiger charge is -2.13. The third-order valence-electron chi connectivity index (χ3n) is 3.69. The molecule has 0 spiro atoms. The molecule has 28 heavy (non-hydrogen) atoms. The average Bonchev–Trinajstić information content (AvgIpc) is 2.92. The van der Waals surface area contributed by atoms with Crippen LogP contribution in [0.1, 0.15) is 40.5 Å². The van der Waals surface area contributed by atoms with Gasteiger partial charge in [-0.3, -0.25) is 19.2 Å². The summed E-state index contributed by atoms with van der Waals surface area (Å²) in [6, 6.07) is 6.29. The van der Waals surface area contributed by atoms with Crippen LogP contribution in [0.25, 0.3) is 0 Å². The molecular formula is C19H19NO8. The summed E-state index contributed by atoms with van der Waals surface area (Å²) in [4.78, 5) is 59.4. The van der Waals surface area contributed by atoms with Gasteiger partial charge in [-0.25, -0.2) is 9.69 Å². The van der Waals surface area contributed by atoms with E-state index in [9.17, 15) is 24.0 Å². The van der Waals surface area contributed by atoms with Gasteiger partial charge in [0.15, 0.2) is 6.73 Å². The molecule has 0 bridgehead atoms. The molecule has 2 amide bonds. The number of hydrogen-bond acceptors (Lipinski definition) is 8. The van der Waals surface area contributed by atoms with E-state index in [2.05, 4.69) is 6.58 Å². The van der Waals surface area contributed by atoms with E-state index in [-0.39, 0.29) is 42.8 Å². The molecule has 9 nitrogen and oxygen atoms in total. The average molecular weight is 389 g/mol. The third-order valence-corrected chi connectivity index (χ3v) is 3.69. The fraction of sp³-hybridized carbons (Fsp3) is 0.316. The van der Waals surface area contributed by atoms with Gasteiger partial charge >= 0.3 is 17.9 Å². The molecule has 0 saturated heterocycles. The lowest BCUT2D eigenvalue weighted by atomic mass is 10.1. The van der Waals surface area contributed by atoms with E-state index in [0.717, 1.165) is 4.90 Å². The minimum atomic E-state index is -0.762. The molecule has 0 atom stereocenters. The number of esters is 3.